The van der Waals surface area contributed by atoms with Crippen molar-refractivity contribution in [1.29, 1.82) is 0 Å². The zero-order chi connectivity index (χ0) is 14.8. The maximum absolute atomic E-state index is 12.5. The van der Waals surface area contributed by atoms with E-state index in [0.717, 1.165) is 46.5 Å². The molecule has 1 aliphatic rings. The second-order valence-electron chi connectivity index (χ2n) is 5.32. The highest BCUT2D eigenvalue weighted by atomic mass is 35.5. The highest BCUT2D eigenvalue weighted by molar-refractivity contribution is 7.16. The molecule has 112 valence electrons. The second kappa shape index (κ2) is 6.20. The molecule has 0 saturated carbocycles. The van der Waals surface area contributed by atoms with Gasteiger partial charge < -0.3 is 9.42 Å². The molecule has 3 rings (SSSR count). The summed E-state index contributed by atoms with van der Waals surface area (Å²) in [7, 11) is 0. The molecule has 3 heterocycles. The summed E-state index contributed by atoms with van der Waals surface area (Å²) in [4.78, 5) is 15.5. The predicted octanol–water partition coefficient (Wildman–Crippen LogP) is 3.99. The number of aryl methyl sites for hydroxylation is 2. The van der Waals surface area contributed by atoms with Gasteiger partial charge in [-0.05, 0) is 38.3 Å². The van der Waals surface area contributed by atoms with Gasteiger partial charge in [-0.1, -0.05) is 16.8 Å². The molecule has 1 fully saturated rings. The molecule has 0 unspecified atom stereocenters. The first-order valence-electron chi connectivity index (χ1n) is 7.10. The lowest BCUT2D eigenvalue weighted by atomic mass is 10.1. The minimum Gasteiger partial charge on any atom is -0.359 e. The molecule has 6 heteroatoms. The first-order valence-corrected chi connectivity index (χ1v) is 8.30. The lowest BCUT2D eigenvalue weighted by Gasteiger charge is -2.22. The fraction of sp³-hybridized carbons (Fsp3) is 0.467. The van der Waals surface area contributed by atoms with Crippen LogP contribution in [0.4, 0.5) is 0 Å². The minimum atomic E-state index is 0.0469. The standard InChI is InChI=1S/C15H17ClN2O2S/c1-10-9-13(20-17-10)12-3-2-8-18(12)15(19)7-5-11-4-6-14(16)21-11/h4,6,9,12H,2-3,5,7-8H2,1H3/t12-/m1/s1. The van der Waals surface area contributed by atoms with E-state index < -0.39 is 0 Å². The molecule has 21 heavy (non-hydrogen) atoms. The number of nitrogens with zero attached hydrogens (tertiary/aromatic N) is 2. The van der Waals surface area contributed by atoms with Crippen molar-refractivity contribution in [3.05, 3.63) is 38.9 Å². The van der Waals surface area contributed by atoms with Crippen molar-refractivity contribution in [3.8, 4) is 0 Å². The van der Waals surface area contributed by atoms with Crippen LogP contribution in [0.15, 0.2) is 22.7 Å². The maximum atomic E-state index is 12.5. The highest BCUT2D eigenvalue weighted by Gasteiger charge is 2.32. The summed E-state index contributed by atoms with van der Waals surface area (Å²) in [5, 5.41) is 3.93. The Kier molecular flexibility index (Phi) is 4.31. The van der Waals surface area contributed by atoms with E-state index >= 15 is 0 Å². The summed E-state index contributed by atoms with van der Waals surface area (Å²) in [6.07, 6.45) is 3.22. The smallest absolute Gasteiger partial charge is 0.223 e. The van der Waals surface area contributed by atoms with Crippen molar-refractivity contribution in [2.75, 3.05) is 6.54 Å². The zero-order valence-electron chi connectivity index (χ0n) is 11.8. The average Bonchev–Trinajstić information content (AvgIpc) is 3.16. The van der Waals surface area contributed by atoms with Crippen LogP contribution in [0.1, 0.15) is 41.6 Å². The number of rotatable bonds is 4. The Morgan fingerprint density at radius 3 is 3.10 bits per heavy atom. The van der Waals surface area contributed by atoms with Crippen molar-refractivity contribution in [1.82, 2.24) is 10.1 Å². The number of carbonyl (C=O) groups is 1. The van der Waals surface area contributed by atoms with E-state index in [1.54, 1.807) is 0 Å². The third kappa shape index (κ3) is 3.30. The lowest BCUT2D eigenvalue weighted by molar-refractivity contribution is -0.132. The van der Waals surface area contributed by atoms with Gasteiger partial charge in [0.25, 0.3) is 0 Å². The van der Waals surface area contributed by atoms with E-state index in [0.29, 0.717) is 6.42 Å². The third-order valence-corrected chi connectivity index (χ3v) is 5.05. The maximum Gasteiger partial charge on any atom is 0.223 e. The van der Waals surface area contributed by atoms with Gasteiger partial charge in [-0.2, -0.15) is 0 Å². The number of carbonyl (C=O) groups excluding carboxylic acids is 1. The van der Waals surface area contributed by atoms with E-state index in [2.05, 4.69) is 5.16 Å². The number of halogens is 1. The van der Waals surface area contributed by atoms with Crippen molar-refractivity contribution in [2.45, 2.75) is 38.6 Å². The Labute approximate surface area is 132 Å². The van der Waals surface area contributed by atoms with Gasteiger partial charge in [-0.3, -0.25) is 4.79 Å². The molecular weight excluding hydrogens is 308 g/mol. The predicted molar refractivity (Wildman–Crippen MR) is 82.6 cm³/mol. The Bertz CT molecular complexity index is 637. The van der Waals surface area contributed by atoms with Crippen LogP contribution >= 0.6 is 22.9 Å². The lowest BCUT2D eigenvalue weighted by Crippen LogP contribution is -2.30. The van der Waals surface area contributed by atoms with E-state index in [1.165, 1.54) is 11.3 Å². The molecule has 1 aliphatic heterocycles. The van der Waals surface area contributed by atoms with Gasteiger partial charge in [0.05, 0.1) is 16.1 Å². The monoisotopic (exact) mass is 324 g/mol. The summed E-state index contributed by atoms with van der Waals surface area (Å²) >= 11 is 7.45. The van der Waals surface area contributed by atoms with Crippen LogP contribution < -0.4 is 0 Å². The Hall–Kier alpha value is -1.33. The second-order valence-corrected chi connectivity index (χ2v) is 7.12. The molecule has 4 nitrogen and oxygen atoms in total. The van der Waals surface area contributed by atoms with Crippen molar-refractivity contribution < 1.29 is 9.32 Å². The molecule has 1 amide bonds. The SMILES string of the molecule is Cc1cc([C@H]2CCCN2C(=O)CCc2ccc(Cl)s2)on1. The topological polar surface area (TPSA) is 46.3 Å². The van der Waals surface area contributed by atoms with Gasteiger partial charge in [-0.15, -0.1) is 11.3 Å². The van der Waals surface area contributed by atoms with Crippen molar-refractivity contribution >= 4 is 28.8 Å². The fourth-order valence-electron chi connectivity index (χ4n) is 2.76. The van der Waals surface area contributed by atoms with Crippen LogP contribution in [0.5, 0.6) is 0 Å². The molecular formula is C15H17ClN2O2S. The van der Waals surface area contributed by atoms with Gasteiger partial charge in [0, 0.05) is 23.9 Å². The first-order chi connectivity index (χ1) is 10.1. The number of aromatic nitrogens is 1. The molecule has 0 spiro atoms. The Morgan fingerprint density at radius 2 is 2.43 bits per heavy atom. The average molecular weight is 325 g/mol. The van der Waals surface area contributed by atoms with Crippen LogP contribution in [0.2, 0.25) is 4.34 Å². The van der Waals surface area contributed by atoms with E-state index in [4.69, 9.17) is 16.1 Å². The van der Waals surface area contributed by atoms with Crippen molar-refractivity contribution in [2.24, 2.45) is 0 Å². The largest absolute Gasteiger partial charge is 0.359 e. The number of amides is 1. The van der Waals surface area contributed by atoms with Gasteiger partial charge in [-0.25, -0.2) is 0 Å². The zero-order valence-corrected chi connectivity index (χ0v) is 13.4. The van der Waals surface area contributed by atoms with E-state index in [9.17, 15) is 4.79 Å². The molecule has 2 aromatic rings. The highest BCUT2D eigenvalue weighted by Crippen LogP contribution is 2.33. The first kappa shape index (κ1) is 14.6. The number of hydrogen-bond donors (Lipinski definition) is 0. The molecule has 1 atom stereocenters. The van der Waals surface area contributed by atoms with Crippen LogP contribution in [-0.4, -0.2) is 22.5 Å². The summed E-state index contributed by atoms with van der Waals surface area (Å²) in [5.74, 6) is 0.980. The number of likely N-dealkylation sites (tertiary alicyclic amines) is 1. The Balaban J connectivity index is 1.63. The quantitative estimate of drug-likeness (QED) is 0.854. The molecule has 0 aromatic carbocycles. The molecule has 0 aliphatic carbocycles. The third-order valence-electron chi connectivity index (χ3n) is 3.76. The molecule has 0 N–H and O–H groups in total. The van der Waals surface area contributed by atoms with Crippen LogP contribution in [0.3, 0.4) is 0 Å². The fourth-order valence-corrected chi connectivity index (χ4v) is 3.85. The minimum absolute atomic E-state index is 0.0469. The van der Waals surface area contributed by atoms with Crippen molar-refractivity contribution in [3.63, 3.8) is 0 Å². The summed E-state index contributed by atoms with van der Waals surface area (Å²) in [5.41, 5.74) is 0.859. The van der Waals surface area contributed by atoms with Crippen LogP contribution in [0, 0.1) is 6.92 Å². The Morgan fingerprint density at radius 1 is 1.57 bits per heavy atom. The summed E-state index contributed by atoms with van der Waals surface area (Å²) in [6, 6.07) is 5.84. The van der Waals surface area contributed by atoms with Gasteiger partial charge in [0.15, 0.2) is 5.76 Å². The van der Waals surface area contributed by atoms with Gasteiger partial charge in [0.1, 0.15) is 0 Å². The van der Waals surface area contributed by atoms with Gasteiger partial charge >= 0.3 is 0 Å². The number of thiophene rings is 1. The molecule has 2 aromatic heterocycles. The summed E-state index contributed by atoms with van der Waals surface area (Å²) in [6.45, 7) is 2.70. The van der Waals surface area contributed by atoms with E-state index in [1.807, 2.05) is 30.0 Å². The van der Waals surface area contributed by atoms with Gasteiger partial charge in [0.2, 0.25) is 5.91 Å². The summed E-state index contributed by atoms with van der Waals surface area (Å²) < 4.78 is 6.11. The van der Waals surface area contributed by atoms with Crippen LogP contribution in [0.25, 0.3) is 0 Å². The molecule has 0 bridgehead atoms. The molecule has 1 saturated heterocycles. The number of hydrogen-bond acceptors (Lipinski definition) is 4. The van der Waals surface area contributed by atoms with E-state index in [-0.39, 0.29) is 11.9 Å². The normalized spacial score (nSPS) is 18.4. The van der Waals surface area contributed by atoms with Crippen LogP contribution in [-0.2, 0) is 11.2 Å². The molecule has 0 radical (unpaired) electrons.